The molecule has 0 saturated heterocycles. The average Bonchev–Trinajstić information content (AvgIpc) is 2.78. The summed E-state index contributed by atoms with van der Waals surface area (Å²) >= 11 is 3.16. The molecule has 0 radical (unpaired) electrons. The van der Waals surface area contributed by atoms with E-state index in [-0.39, 0.29) is 17.1 Å². The van der Waals surface area contributed by atoms with Crippen molar-refractivity contribution >= 4 is 27.5 Å². The zero-order chi connectivity index (χ0) is 13.3. The van der Waals surface area contributed by atoms with Crippen molar-refractivity contribution in [2.45, 2.75) is 0 Å². The van der Waals surface area contributed by atoms with E-state index in [0.717, 1.165) is 0 Å². The van der Waals surface area contributed by atoms with Gasteiger partial charge in [-0.05, 0) is 18.2 Å². The number of carbonyl (C=O) groups excluding carboxylic acids is 1. The molecule has 8 heteroatoms. The fraction of sp³-hybridized carbons (Fsp3) is 0. The molecule has 0 saturated carbocycles. The number of benzene rings is 1. The fourth-order valence-electron chi connectivity index (χ4n) is 1.43. The summed E-state index contributed by atoms with van der Waals surface area (Å²) in [6.07, 6.45) is 1.44. The molecule has 1 heterocycles. The third kappa shape index (κ3) is 2.23. The number of halogens is 1. The molecule has 2 N–H and O–H groups in total. The van der Waals surface area contributed by atoms with E-state index >= 15 is 0 Å². The minimum atomic E-state index is -0.687. The molecule has 0 unspecified atom stereocenters. The van der Waals surface area contributed by atoms with Gasteiger partial charge in [-0.15, -0.1) is 0 Å². The van der Waals surface area contributed by atoms with Gasteiger partial charge in [0.2, 0.25) is 0 Å². The van der Waals surface area contributed by atoms with Crippen molar-refractivity contribution in [1.82, 2.24) is 9.78 Å². The molecular weight excluding hydrogens is 304 g/mol. The molecule has 92 valence electrons. The maximum Gasteiger partial charge on any atom is 0.295 e. The van der Waals surface area contributed by atoms with Crippen LogP contribution in [0.1, 0.15) is 10.5 Å². The van der Waals surface area contributed by atoms with Crippen LogP contribution in [0.25, 0.3) is 5.69 Å². The highest BCUT2D eigenvalue weighted by atomic mass is 79.9. The molecule has 0 aliphatic heterocycles. The van der Waals surface area contributed by atoms with Crippen molar-refractivity contribution in [3.8, 4) is 5.69 Å². The molecule has 7 nitrogen and oxygen atoms in total. The maximum absolute atomic E-state index is 10.9. The average molecular weight is 311 g/mol. The predicted octanol–water partition coefficient (Wildman–Crippen LogP) is 1.64. The minimum Gasteiger partial charge on any atom is -0.364 e. The van der Waals surface area contributed by atoms with E-state index in [0.29, 0.717) is 4.47 Å². The lowest BCUT2D eigenvalue weighted by atomic mass is 10.3. The van der Waals surface area contributed by atoms with E-state index in [1.807, 2.05) is 0 Å². The van der Waals surface area contributed by atoms with Crippen LogP contribution in [-0.4, -0.2) is 20.6 Å². The molecule has 0 atom stereocenters. The van der Waals surface area contributed by atoms with Crippen LogP contribution in [0.4, 0.5) is 5.69 Å². The number of nitrogens with two attached hydrogens (primary N) is 1. The third-order valence-corrected chi connectivity index (χ3v) is 2.72. The zero-order valence-corrected chi connectivity index (χ0v) is 10.5. The molecule has 0 aliphatic rings. The lowest BCUT2D eigenvalue weighted by Crippen LogP contribution is -2.12. The summed E-state index contributed by atoms with van der Waals surface area (Å²) in [5, 5.41) is 14.8. The summed E-state index contributed by atoms with van der Waals surface area (Å²) in [5.41, 5.74) is 5.26. The Balaban J connectivity index is 2.55. The largest absolute Gasteiger partial charge is 0.364 e. The van der Waals surface area contributed by atoms with Crippen molar-refractivity contribution in [2.75, 3.05) is 0 Å². The normalized spacial score (nSPS) is 10.3. The van der Waals surface area contributed by atoms with Gasteiger partial charge in [0.05, 0.1) is 4.92 Å². The molecule has 0 spiro atoms. The van der Waals surface area contributed by atoms with Gasteiger partial charge in [-0.3, -0.25) is 14.9 Å². The van der Waals surface area contributed by atoms with Gasteiger partial charge in [-0.1, -0.05) is 15.9 Å². The Morgan fingerprint density at radius 1 is 1.44 bits per heavy atom. The van der Waals surface area contributed by atoms with Gasteiger partial charge in [0, 0.05) is 16.7 Å². The minimum absolute atomic E-state index is 0.0483. The second kappa shape index (κ2) is 4.57. The van der Waals surface area contributed by atoms with Crippen LogP contribution in [0.5, 0.6) is 0 Å². The van der Waals surface area contributed by atoms with Crippen LogP contribution in [0.15, 0.2) is 34.9 Å². The number of carbonyl (C=O) groups is 1. The van der Waals surface area contributed by atoms with Crippen molar-refractivity contribution < 1.29 is 9.72 Å². The van der Waals surface area contributed by atoms with Gasteiger partial charge >= 0.3 is 0 Å². The summed E-state index contributed by atoms with van der Waals surface area (Å²) in [6, 6.07) is 5.93. The van der Waals surface area contributed by atoms with Gasteiger partial charge in [-0.25, -0.2) is 4.68 Å². The number of primary amides is 1. The van der Waals surface area contributed by atoms with Gasteiger partial charge in [0.15, 0.2) is 0 Å². The summed E-state index contributed by atoms with van der Waals surface area (Å²) in [7, 11) is 0. The number of rotatable bonds is 3. The van der Waals surface area contributed by atoms with Crippen LogP contribution in [0.3, 0.4) is 0 Å². The predicted molar refractivity (Wildman–Crippen MR) is 66.4 cm³/mol. The van der Waals surface area contributed by atoms with E-state index in [4.69, 9.17) is 5.73 Å². The van der Waals surface area contributed by atoms with E-state index < -0.39 is 10.8 Å². The lowest BCUT2D eigenvalue weighted by molar-refractivity contribution is -0.384. The standard InChI is InChI=1S/C10H7BrN4O3/c11-6-1-2-8(9(5-6)15(17)18)14-4-3-7(13-14)10(12)16/h1-5H,(H2,12,16). The Morgan fingerprint density at radius 3 is 2.72 bits per heavy atom. The lowest BCUT2D eigenvalue weighted by Gasteiger charge is -2.03. The molecule has 1 aromatic heterocycles. The first kappa shape index (κ1) is 12.2. The third-order valence-electron chi connectivity index (χ3n) is 2.22. The van der Waals surface area contributed by atoms with Crippen molar-refractivity contribution in [3.63, 3.8) is 0 Å². The summed E-state index contributed by atoms with van der Waals surface area (Å²) in [6.45, 7) is 0. The van der Waals surface area contributed by atoms with Gasteiger partial charge < -0.3 is 5.73 Å². The zero-order valence-electron chi connectivity index (χ0n) is 8.91. The van der Waals surface area contributed by atoms with Crippen LogP contribution < -0.4 is 5.73 Å². The van der Waals surface area contributed by atoms with Gasteiger partial charge in [0.25, 0.3) is 11.6 Å². The van der Waals surface area contributed by atoms with E-state index in [2.05, 4.69) is 21.0 Å². The Morgan fingerprint density at radius 2 is 2.17 bits per heavy atom. The molecule has 18 heavy (non-hydrogen) atoms. The van der Waals surface area contributed by atoms with E-state index in [1.54, 1.807) is 6.07 Å². The molecular formula is C10H7BrN4O3. The smallest absolute Gasteiger partial charge is 0.295 e. The number of hydrogen-bond acceptors (Lipinski definition) is 4. The SMILES string of the molecule is NC(=O)c1ccn(-c2ccc(Br)cc2[N+](=O)[O-])n1. The van der Waals surface area contributed by atoms with Crippen LogP contribution in [0, 0.1) is 10.1 Å². The van der Waals surface area contributed by atoms with Crippen LogP contribution in [-0.2, 0) is 0 Å². The van der Waals surface area contributed by atoms with Crippen molar-refractivity contribution in [2.24, 2.45) is 5.73 Å². The summed E-state index contributed by atoms with van der Waals surface area (Å²) in [4.78, 5) is 21.3. The first-order chi connectivity index (χ1) is 8.49. The van der Waals surface area contributed by atoms with Crippen LogP contribution >= 0.6 is 15.9 Å². The van der Waals surface area contributed by atoms with E-state index in [9.17, 15) is 14.9 Å². The van der Waals surface area contributed by atoms with Crippen LogP contribution in [0.2, 0.25) is 0 Å². The highest BCUT2D eigenvalue weighted by Gasteiger charge is 2.17. The molecule has 1 amide bonds. The second-order valence-electron chi connectivity index (χ2n) is 3.40. The maximum atomic E-state index is 10.9. The topological polar surface area (TPSA) is 104 Å². The highest BCUT2D eigenvalue weighted by molar-refractivity contribution is 9.10. The summed E-state index contributed by atoms with van der Waals surface area (Å²) in [5.74, 6) is -0.687. The Hall–Kier alpha value is -2.22. The van der Waals surface area contributed by atoms with Gasteiger partial charge in [0.1, 0.15) is 11.4 Å². The molecule has 2 aromatic rings. The first-order valence-corrected chi connectivity index (χ1v) is 5.58. The molecule has 0 bridgehead atoms. The number of aromatic nitrogens is 2. The molecule has 0 aliphatic carbocycles. The number of amides is 1. The Kier molecular flexibility index (Phi) is 3.11. The second-order valence-corrected chi connectivity index (χ2v) is 4.32. The molecule has 2 rings (SSSR count). The highest BCUT2D eigenvalue weighted by Crippen LogP contribution is 2.26. The molecule has 1 aromatic carbocycles. The van der Waals surface area contributed by atoms with Gasteiger partial charge in [-0.2, -0.15) is 5.10 Å². The Labute approximate surface area is 109 Å². The number of nitro benzene ring substituents is 1. The quantitative estimate of drug-likeness (QED) is 0.687. The Bertz CT molecular complexity index is 638. The number of nitro groups is 1. The number of hydrogen-bond donors (Lipinski definition) is 1. The van der Waals surface area contributed by atoms with E-state index in [1.165, 1.54) is 29.1 Å². The fourth-order valence-corrected chi connectivity index (χ4v) is 1.78. The van der Waals surface area contributed by atoms with Crippen molar-refractivity contribution in [1.29, 1.82) is 0 Å². The van der Waals surface area contributed by atoms with Crippen molar-refractivity contribution in [3.05, 3.63) is 50.7 Å². The molecule has 0 fully saturated rings. The summed E-state index contributed by atoms with van der Waals surface area (Å²) < 4.78 is 1.82. The monoisotopic (exact) mass is 310 g/mol. The first-order valence-electron chi connectivity index (χ1n) is 4.79. The number of nitrogens with zero attached hydrogens (tertiary/aromatic N) is 3.